The van der Waals surface area contributed by atoms with Gasteiger partial charge in [-0.25, -0.2) is 5.84 Å². The van der Waals surface area contributed by atoms with Gasteiger partial charge in [0.2, 0.25) is 0 Å². The monoisotopic (exact) mass is 158 g/mol. The van der Waals surface area contributed by atoms with Crippen molar-refractivity contribution in [2.45, 2.75) is 6.42 Å². The molecule has 6 nitrogen and oxygen atoms in total. The van der Waals surface area contributed by atoms with E-state index in [1.807, 2.05) is 0 Å². The van der Waals surface area contributed by atoms with Gasteiger partial charge in [-0.15, -0.1) is 0 Å². The number of hydrogen-bond donors (Lipinski definition) is 2. The summed E-state index contributed by atoms with van der Waals surface area (Å²) in [5.41, 5.74) is 2.24. The first-order valence-electron chi connectivity index (χ1n) is 3.15. The highest BCUT2D eigenvalue weighted by Crippen LogP contribution is 2.00. The molecule has 62 valence electrons. The van der Waals surface area contributed by atoms with Gasteiger partial charge in [-0.2, -0.15) is 4.98 Å². The molecule has 6 heteroatoms. The van der Waals surface area contributed by atoms with E-state index in [1.165, 1.54) is 0 Å². The van der Waals surface area contributed by atoms with Gasteiger partial charge in [0.1, 0.15) is 0 Å². The average Bonchev–Trinajstić information content (AvgIpc) is 2.48. The Bertz CT molecular complexity index is 212. The van der Waals surface area contributed by atoms with Crippen molar-refractivity contribution in [1.29, 1.82) is 0 Å². The summed E-state index contributed by atoms with van der Waals surface area (Å²) >= 11 is 0. The zero-order valence-corrected chi connectivity index (χ0v) is 6.20. The molecule has 0 unspecified atom stereocenters. The summed E-state index contributed by atoms with van der Waals surface area (Å²) in [4.78, 5) is 3.87. The van der Waals surface area contributed by atoms with Crippen LogP contribution in [0.3, 0.4) is 0 Å². The number of aromatic nitrogens is 2. The molecule has 0 fully saturated rings. The number of rotatable bonds is 4. The lowest BCUT2D eigenvalue weighted by Crippen LogP contribution is -2.06. The van der Waals surface area contributed by atoms with Gasteiger partial charge < -0.3 is 9.26 Å². The fraction of sp³-hybridized carbons (Fsp3) is 0.600. The Kier molecular flexibility index (Phi) is 2.82. The molecule has 11 heavy (non-hydrogen) atoms. The van der Waals surface area contributed by atoms with Crippen LogP contribution in [0.15, 0.2) is 4.52 Å². The Morgan fingerprint density at radius 2 is 2.55 bits per heavy atom. The molecule has 0 radical (unpaired) electrons. The summed E-state index contributed by atoms with van der Waals surface area (Å²) in [6, 6.07) is 0.219. The van der Waals surface area contributed by atoms with Crippen molar-refractivity contribution in [3.63, 3.8) is 0 Å². The maximum absolute atomic E-state index is 5.01. The maximum Gasteiger partial charge on any atom is 0.335 e. The summed E-state index contributed by atoms with van der Waals surface area (Å²) in [5.74, 6) is 5.60. The molecule has 0 bridgehead atoms. The third-order valence-electron chi connectivity index (χ3n) is 1.12. The second kappa shape index (κ2) is 3.89. The minimum atomic E-state index is 0.219. The van der Waals surface area contributed by atoms with E-state index >= 15 is 0 Å². The van der Waals surface area contributed by atoms with E-state index in [0.29, 0.717) is 18.9 Å². The van der Waals surface area contributed by atoms with Crippen LogP contribution in [0.5, 0.6) is 0 Å². The van der Waals surface area contributed by atoms with E-state index in [2.05, 4.69) is 20.1 Å². The smallest absolute Gasteiger partial charge is 0.335 e. The Labute approximate surface area is 63.7 Å². The van der Waals surface area contributed by atoms with Gasteiger partial charge in [-0.1, -0.05) is 5.16 Å². The lowest BCUT2D eigenvalue weighted by Gasteiger charge is -1.90. The zero-order valence-electron chi connectivity index (χ0n) is 6.20. The van der Waals surface area contributed by atoms with E-state index in [0.717, 1.165) is 0 Å². The van der Waals surface area contributed by atoms with Crippen molar-refractivity contribution in [3.05, 3.63) is 5.82 Å². The lowest BCUT2D eigenvalue weighted by atomic mass is 10.4. The minimum absolute atomic E-state index is 0.219. The topological polar surface area (TPSA) is 86.2 Å². The Hall–Kier alpha value is -1.14. The number of ether oxygens (including phenoxy) is 1. The molecule has 0 aromatic carbocycles. The third kappa shape index (κ3) is 2.17. The van der Waals surface area contributed by atoms with Gasteiger partial charge in [0.05, 0.1) is 6.61 Å². The molecule has 1 heterocycles. The van der Waals surface area contributed by atoms with Crippen molar-refractivity contribution in [1.82, 2.24) is 10.1 Å². The first-order chi connectivity index (χ1) is 5.36. The molecule has 1 aromatic heterocycles. The van der Waals surface area contributed by atoms with Crippen LogP contribution in [-0.4, -0.2) is 23.9 Å². The van der Waals surface area contributed by atoms with Crippen molar-refractivity contribution in [2.24, 2.45) is 5.84 Å². The van der Waals surface area contributed by atoms with Crippen LogP contribution in [-0.2, 0) is 11.2 Å². The van der Waals surface area contributed by atoms with Gasteiger partial charge in [-0.05, 0) is 0 Å². The van der Waals surface area contributed by atoms with E-state index in [-0.39, 0.29) is 6.01 Å². The second-order valence-corrected chi connectivity index (χ2v) is 1.90. The second-order valence-electron chi connectivity index (χ2n) is 1.90. The van der Waals surface area contributed by atoms with E-state index in [1.54, 1.807) is 7.11 Å². The number of anilines is 1. The van der Waals surface area contributed by atoms with Gasteiger partial charge in [0.15, 0.2) is 5.82 Å². The lowest BCUT2D eigenvalue weighted by molar-refractivity contribution is 0.199. The van der Waals surface area contributed by atoms with Gasteiger partial charge in [0.25, 0.3) is 0 Å². The molecule has 0 spiro atoms. The molecule has 0 saturated carbocycles. The molecule has 0 aliphatic rings. The number of nitrogen functional groups attached to an aromatic ring is 1. The number of hydrogen-bond acceptors (Lipinski definition) is 6. The SMILES string of the molecule is COCCc1noc(NN)n1. The van der Waals surface area contributed by atoms with E-state index in [4.69, 9.17) is 10.6 Å². The van der Waals surface area contributed by atoms with Gasteiger partial charge >= 0.3 is 6.01 Å². The van der Waals surface area contributed by atoms with Crippen LogP contribution < -0.4 is 11.3 Å². The summed E-state index contributed by atoms with van der Waals surface area (Å²) < 4.78 is 9.47. The Morgan fingerprint density at radius 1 is 1.73 bits per heavy atom. The predicted octanol–water partition coefficient (Wildman–Crippen LogP) is -0.456. The van der Waals surface area contributed by atoms with E-state index < -0.39 is 0 Å². The number of hydrazine groups is 1. The zero-order chi connectivity index (χ0) is 8.10. The molecule has 3 N–H and O–H groups in total. The minimum Gasteiger partial charge on any atom is -0.384 e. The van der Waals surface area contributed by atoms with Crippen LogP contribution in [0.1, 0.15) is 5.82 Å². The third-order valence-corrected chi connectivity index (χ3v) is 1.12. The summed E-state index contributed by atoms with van der Waals surface area (Å²) in [5, 5.41) is 3.62. The average molecular weight is 158 g/mol. The number of nitrogens with two attached hydrogens (primary N) is 1. The molecule has 0 aliphatic heterocycles. The van der Waals surface area contributed by atoms with Crippen LogP contribution in [0.4, 0.5) is 6.01 Å². The molecule has 1 aromatic rings. The first-order valence-corrected chi connectivity index (χ1v) is 3.15. The molecular weight excluding hydrogens is 148 g/mol. The molecular formula is C5H10N4O2. The maximum atomic E-state index is 5.01. The van der Waals surface area contributed by atoms with Gasteiger partial charge in [0, 0.05) is 13.5 Å². The van der Waals surface area contributed by atoms with Crippen molar-refractivity contribution in [3.8, 4) is 0 Å². The normalized spacial score (nSPS) is 10.0. The summed E-state index contributed by atoms with van der Waals surface area (Å²) in [6.45, 7) is 0.573. The number of methoxy groups -OCH3 is 1. The van der Waals surface area contributed by atoms with Crippen LogP contribution in [0.25, 0.3) is 0 Å². The summed E-state index contributed by atoms with van der Waals surface area (Å²) in [6.07, 6.45) is 0.627. The number of nitrogens with one attached hydrogen (secondary N) is 1. The highest BCUT2D eigenvalue weighted by molar-refractivity contribution is 5.14. The fourth-order valence-electron chi connectivity index (χ4n) is 0.607. The van der Waals surface area contributed by atoms with Crippen molar-refractivity contribution in [2.75, 3.05) is 19.1 Å². The molecule has 1 rings (SSSR count). The fourth-order valence-corrected chi connectivity index (χ4v) is 0.607. The Morgan fingerprint density at radius 3 is 3.09 bits per heavy atom. The standard InChI is InChI=1S/C5H10N4O2/c1-10-3-2-4-7-5(8-6)11-9-4/h2-3,6H2,1H3,(H,7,8,9). The quantitative estimate of drug-likeness (QED) is 0.455. The predicted molar refractivity (Wildman–Crippen MR) is 37.7 cm³/mol. The van der Waals surface area contributed by atoms with Crippen LogP contribution in [0, 0.1) is 0 Å². The number of nitrogens with zero attached hydrogens (tertiary/aromatic N) is 2. The molecule has 0 saturated heterocycles. The highest BCUT2D eigenvalue weighted by atomic mass is 16.5. The van der Waals surface area contributed by atoms with Crippen LogP contribution >= 0.6 is 0 Å². The van der Waals surface area contributed by atoms with Gasteiger partial charge in [-0.3, -0.25) is 5.43 Å². The van der Waals surface area contributed by atoms with E-state index in [9.17, 15) is 0 Å². The molecule has 0 amide bonds. The first kappa shape index (κ1) is 7.96. The van der Waals surface area contributed by atoms with Crippen LogP contribution in [0.2, 0.25) is 0 Å². The molecule has 0 atom stereocenters. The van der Waals surface area contributed by atoms with Crippen molar-refractivity contribution < 1.29 is 9.26 Å². The van der Waals surface area contributed by atoms with Crippen molar-refractivity contribution >= 4 is 6.01 Å². The molecule has 0 aliphatic carbocycles. The highest BCUT2D eigenvalue weighted by Gasteiger charge is 2.02. The largest absolute Gasteiger partial charge is 0.384 e. The Balaban J connectivity index is 2.44. The summed E-state index contributed by atoms with van der Waals surface area (Å²) in [7, 11) is 1.61.